The second-order valence-electron chi connectivity index (χ2n) is 7.89. The standard InChI is InChI=1S/C21H29ClN6O5S/c1-6-11-16(22)26-17(23-11)18(29)24-12-8-9-28(10-13(12)32-5)21-25-14(19(30)27(3)4)15(34-21)20(31)33-7-2/h12-13H,6-10H2,1-5H3,(H,23,26)(H,24,29)/t12-,13+/m1/s1. The van der Waals surface area contributed by atoms with Crippen LogP contribution in [0.3, 0.4) is 0 Å². The first-order valence-electron chi connectivity index (χ1n) is 10.9. The molecule has 0 aliphatic carbocycles. The molecule has 34 heavy (non-hydrogen) atoms. The van der Waals surface area contributed by atoms with E-state index in [1.807, 2.05) is 11.8 Å². The average molecular weight is 513 g/mol. The van der Waals surface area contributed by atoms with Gasteiger partial charge in [0.15, 0.2) is 21.8 Å². The molecule has 13 heteroatoms. The molecule has 0 aromatic carbocycles. The Hall–Kier alpha value is -2.70. The summed E-state index contributed by atoms with van der Waals surface area (Å²) in [5, 5.41) is 3.77. The molecule has 1 aliphatic heterocycles. The number of esters is 1. The minimum absolute atomic E-state index is 0.0641. The highest BCUT2D eigenvalue weighted by Crippen LogP contribution is 2.30. The number of aromatic amines is 1. The summed E-state index contributed by atoms with van der Waals surface area (Å²) in [6.07, 6.45) is 0.847. The molecule has 0 radical (unpaired) electrons. The molecular formula is C21H29ClN6O5S. The van der Waals surface area contributed by atoms with E-state index in [1.54, 1.807) is 28.1 Å². The maximum Gasteiger partial charge on any atom is 0.350 e. The SMILES string of the molecule is CCOC(=O)c1sc(N2CC[C@@H](NC(=O)c3nc(Cl)c(CC)[nH]3)[C@@H](OC)C2)nc1C(=O)N(C)C. The Morgan fingerprint density at radius 3 is 2.62 bits per heavy atom. The lowest BCUT2D eigenvalue weighted by Crippen LogP contribution is -2.55. The molecule has 1 aliphatic rings. The highest BCUT2D eigenvalue weighted by Gasteiger charge is 2.34. The molecule has 1 fully saturated rings. The van der Waals surface area contributed by atoms with Crippen molar-refractivity contribution in [2.75, 3.05) is 45.8 Å². The van der Waals surface area contributed by atoms with Gasteiger partial charge in [0.25, 0.3) is 11.8 Å². The van der Waals surface area contributed by atoms with Crippen molar-refractivity contribution in [3.05, 3.63) is 27.2 Å². The second-order valence-corrected chi connectivity index (χ2v) is 9.23. The number of carbonyl (C=O) groups excluding carboxylic acids is 3. The van der Waals surface area contributed by atoms with Gasteiger partial charge in [0.2, 0.25) is 0 Å². The number of hydrogen-bond donors (Lipinski definition) is 2. The molecule has 0 bridgehead atoms. The van der Waals surface area contributed by atoms with E-state index in [-0.39, 0.29) is 52.1 Å². The first kappa shape index (κ1) is 25.9. The van der Waals surface area contributed by atoms with Crippen LogP contribution < -0.4 is 10.2 Å². The van der Waals surface area contributed by atoms with Gasteiger partial charge in [-0.2, -0.15) is 0 Å². The fraction of sp³-hybridized carbons (Fsp3) is 0.571. The Kier molecular flexibility index (Phi) is 8.50. The van der Waals surface area contributed by atoms with Crippen molar-refractivity contribution in [3.63, 3.8) is 0 Å². The highest BCUT2D eigenvalue weighted by atomic mass is 35.5. The summed E-state index contributed by atoms with van der Waals surface area (Å²) in [6, 6.07) is -0.268. The van der Waals surface area contributed by atoms with Crippen molar-refractivity contribution in [1.29, 1.82) is 0 Å². The number of aromatic nitrogens is 3. The number of halogens is 1. The van der Waals surface area contributed by atoms with Crippen LogP contribution in [-0.2, 0) is 15.9 Å². The van der Waals surface area contributed by atoms with Crippen LogP contribution in [0.15, 0.2) is 0 Å². The first-order chi connectivity index (χ1) is 16.2. The van der Waals surface area contributed by atoms with Gasteiger partial charge >= 0.3 is 5.97 Å². The lowest BCUT2D eigenvalue weighted by molar-refractivity contribution is 0.0525. The van der Waals surface area contributed by atoms with E-state index < -0.39 is 5.97 Å². The van der Waals surface area contributed by atoms with Gasteiger partial charge in [0.1, 0.15) is 4.88 Å². The Morgan fingerprint density at radius 1 is 1.29 bits per heavy atom. The largest absolute Gasteiger partial charge is 0.462 e. The third-order valence-electron chi connectivity index (χ3n) is 5.43. The lowest BCUT2D eigenvalue weighted by Gasteiger charge is -2.37. The van der Waals surface area contributed by atoms with Gasteiger partial charge in [0.05, 0.1) is 24.4 Å². The van der Waals surface area contributed by atoms with Crippen molar-refractivity contribution in [1.82, 2.24) is 25.2 Å². The number of methoxy groups -OCH3 is 1. The topological polar surface area (TPSA) is 130 Å². The van der Waals surface area contributed by atoms with Crippen LogP contribution in [-0.4, -0.2) is 90.7 Å². The van der Waals surface area contributed by atoms with Crippen LogP contribution in [0.2, 0.25) is 5.15 Å². The van der Waals surface area contributed by atoms with Crippen molar-refractivity contribution in [2.24, 2.45) is 0 Å². The predicted molar refractivity (Wildman–Crippen MR) is 128 cm³/mol. The van der Waals surface area contributed by atoms with Crippen LogP contribution in [0.5, 0.6) is 0 Å². The van der Waals surface area contributed by atoms with Crippen molar-refractivity contribution >= 4 is 45.9 Å². The number of carbonyl (C=O) groups is 3. The Morgan fingerprint density at radius 2 is 2.03 bits per heavy atom. The number of rotatable bonds is 8. The summed E-state index contributed by atoms with van der Waals surface area (Å²) in [7, 11) is 4.77. The molecule has 2 N–H and O–H groups in total. The van der Waals surface area contributed by atoms with Crippen LogP contribution in [0.1, 0.15) is 56.7 Å². The summed E-state index contributed by atoms with van der Waals surface area (Å²) in [5.74, 6) is -1.16. The number of nitrogens with one attached hydrogen (secondary N) is 2. The van der Waals surface area contributed by atoms with E-state index in [4.69, 9.17) is 21.1 Å². The van der Waals surface area contributed by atoms with Gasteiger partial charge in [-0.05, 0) is 19.8 Å². The molecule has 3 heterocycles. The molecule has 2 aromatic heterocycles. The normalized spacial score (nSPS) is 18.0. The summed E-state index contributed by atoms with van der Waals surface area (Å²) in [4.78, 5) is 52.7. The van der Waals surface area contributed by atoms with Crippen LogP contribution >= 0.6 is 22.9 Å². The zero-order chi connectivity index (χ0) is 25.0. The predicted octanol–water partition coefficient (Wildman–Crippen LogP) is 1.98. The van der Waals surface area contributed by atoms with E-state index in [2.05, 4.69) is 20.3 Å². The molecule has 11 nitrogen and oxygen atoms in total. The lowest BCUT2D eigenvalue weighted by atomic mass is 10.0. The Labute approximate surface area is 206 Å². The number of thiazole rings is 1. The number of ether oxygens (including phenoxy) is 2. The maximum atomic E-state index is 12.7. The number of nitrogens with zero attached hydrogens (tertiary/aromatic N) is 4. The van der Waals surface area contributed by atoms with Crippen LogP contribution in [0, 0.1) is 0 Å². The molecule has 1 saturated heterocycles. The number of H-pyrrole nitrogens is 1. The summed E-state index contributed by atoms with van der Waals surface area (Å²) >= 11 is 7.17. The zero-order valence-electron chi connectivity index (χ0n) is 19.8. The molecule has 0 spiro atoms. The highest BCUT2D eigenvalue weighted by molar-refractivity contribution is 7.17. The third kappa shape index (κ3) is 5.50. The van der Waals surface area contributed by atoms with Gasteiger partial charge in [-0.25, -0.2) is 14.8 Å². The first-order valence-corrected chi connectivity index (χ1v) is 12.1. The molecular weight excluding hydrogens is 484 g/mol. The van der Waals surface area contributed by atoms with E-state index in [1.165, 1.54) is 4.90 Å². The molecule has 2 atom stereocenters. The van der Waals surface area contributed by atoms with E-state index in [0.717, 1.165) is 11.3 Å². The number of imidazole rings is 1. The number of hydrogen-bond acceptors (Lipinski definition) is 9. The Balaban J connectivity index is 1.76. The monoisotopic (exact) mass is 512 g/mol. The summed E-state index contributed by atoms with van der Waals surface area (Å²) in [6.45, 7) is 4.76. The Bertz CT molecular complexity index is 1050. The minimum atomic E-state index is -0.578. The van der Waals surface area contributed by atoms with E-state index in [9.17, 15) is 14.4 Å². The number of aryl methyl sites for hydroxylation is 1. The number of piperidine rings is 1. The van der Waals surface area contributed by atoms with Gasteiger partial charge in [-0.1, -0.05) is 29.9 Å². The molecule has 2 aromatic rings. The quantitative estimate of drug-likeness (QED) is 0.513. The smallest absolute Gasteiger partial charge is 0.350 e. The van der Waals surface area contributed by atoms with E-state index in [0.29, 0.717) is 36.8 Å². The second kappa shape index (κ2) is 11.2. The zero-order valence-corrected chi connectivity index (χ0v) is 21.4. The number of amides is 2. The molecule has 0 saturated carbocycles. The van der Waals surface area contributed by atoms with Crippen LogP contribution in [0.25, 0.3) is 0 Å². The minimum Gasteiger partial charge on any atom is -0.462 e. The van der Waals surface area contributed by atoms with Gasteiger partial charge < -0.3 is 29.6 Å². The van der Waals surface area contributed by atoms with Crippen LogP contribution in [0.4, 0.5) is 5.13 Å². The molecule has 3 rings (SSSR count). The van der Waals surface area contributed by atoms with Gasteiger partial charge in [-0.15, -0.1) is 0 Å². The average Bonchev–Trinajstić information content (AvgIpc) is 3.42. The molecule has 0 unspecified atom stereocenters. The maximum absolute atomic E-state index is 12.7. The van der Waals surface area contributed by atoms with Gasteiger partial charge in [-0.3, -0.25) is 9.59 Å². The molecule has 186 valence electrons. The fourth-order valence-corrected chi connectivity index (χ4v) is 4.85. The third-order valence-corrected chi connectivity index (χ3v) is 6.84. The molecule has 2 amide bonds. The van der Waals surface area contributed by atoms with Gasteiger partial charge in [0, 0.05) is 34.3 Å². The van der Waals surface area contributed by atoms with E-state index >= 15 is 0 Å². The number of anilines is 1. The van der Waals surface area contributed by atoms with Crippen molar-refractivity contribution < 1.29 is 23.9 Å². The van der Waals surface area contributed by atoms with Crippen molar-refractivity contribution in [2.45, 2.75) is 38.8 Å². The fourth-order valence-electron chi connectivity index (χ4n) is 3.60. The summed E-state index contributed by atoms with van der Waals surface area (Å²) in [5.41, 5.74) is 0.767. The summed E-state index contributed by atoms with van der Waals surface area (Å²) < 4.78 is 10.8. The van der Waals surface area contributed by atoms with Crippen molar-refractivity contribution in [3.8, 4) is 0 Å².